The molecule has 0 aliphatic carbocycles. The van der Waals surface area contributed by atoms with Gasteiger partial charge in [-0.15, -0.1) is 27.0 Å². The minimum Gasteiger partial charge on any atom is -0.320 e. The van der Waals surface area contributed by atoms with E-state index in [0.717, 1.165) is 27.1 Å². The first-order valence-corrected chi connectivity index (χ1v) is 9.91. The minimum absolute atomic E-state index is 0.160. The van der Waals surface area contributed by atoms with E-state index in [4.69, 9.17) is 0 Å². The van der Waals surface area contributed by atoms with Crippen LogP contribution in [0, 0.1) is 6.92 Å². The molecule has 3 aromatic heterocycles. The molecule has 0 saturated carbocycles. The predicted octanol–water partition coefficient (Wildman–Crippen LogP) is 3.06. The fraction of sp³-hybridized carbons (Fsp3) is 0.176. The molecule has 0 radical (unpaired) electrons. The summed E-state index contributed by atoms with van der Waals surface area (Å²) in [6, 6.07) is 7.96. The van der Waals surface area contributed by atoms with Crippen molar-refractivity contribution < 1.29 is 4.79 Å². The monoisotopic (exact) mass is 397 g/mol. The van der Waals surface area contributed by atoms with Gasteiger partial charge >= 0.3 is 0 Å². The number of hydrogen-bond acceptors (Lipinski definition) is 8. The van der Waals surface area contributed by atoms with Crippen molar-refractivity contribution >= 4 is 56.2 Å². The van der Waals surface area contributed by atoms with Gasteiger partial charge in [0.05, 0.1) is 11.3 Å². The number of nitrogens with zero attached hydrogens (tertiary/aromatic N) is 6. The van der Waals surface area contributed by atoms with Gasteiger partial charge in [-0.1, -0.05) is 47.4 Å². The van der Waals surface area contributed by atoms with E-state index in [9.17, 15) is 4.79 Å². The molecule has 0 bridgehead atoms. The number of nitrogens with one attached hydrogen (secondary N) is 1. The highest BCUT2D eigenvalue weighted by atomic mass is 32.2. The zero-order valence-electron chi connectivity index (χ0n) is 14.4. The molecule has 0 aliphatic rings. The number of anilines is 1. The van der Waals surface area contributed by atoms with Crippen molar-refractivity contribution in [2.45, 2.75) is 18.6 Å². The number of carbonyl (C=O) groups is 1. The number of benzene rings is 1. The van der Waals surface area contributed by atoms with Crippen LogP contribution in [0.5, 0.6) is 0 Å². The summed E-state index contributed by atoms with van der Waals surface area (Å²) >= 11 is 2.56. The van der Waals surface area contributed by atoms with E-state index in [0.29, 0.717) is 16.8 Å². The Hall–Kier alpha value is -2.85. The molecule has 0 spiro atoms. The highest BCUT2D eigenvalue weighted by Gasteiger charge is 2.15. The lowest BCUT2D eigenvalue weighted by molar-refractivity contribution is -0.113. The topological polar surface area (TPSA) is 98.5 Å². The number of amides is 1. The molecule has 3 heterocycles. The number of carbonyl (C=O) groups excluding carboxylic acids is 1. The largest absolute Gasteiger partial charge is 0.320 e. The van der Waals surface area contributed by atoms with Crippen LogP contribution in [0.2, 0.25) is 0 Å². The van der Waals surface area contributed by atoms with E-state index in [2.05, 4.69) is 37.3 Å². The third kappa shape index (κ3) is 3.53. The molecule has 0 unspecified atom stereocenters. The van der Waals surface area contributed by atoms with Crippen LogP contribution < -0.4 is 5.32 Å². The normalized spacial score (nSPS) is 11.1. The second-order valence-corrected chi connectivity index (χ2v) is 7.77. The van der Waals surface area contributed by atoms with Gasteiger partial charge in [0.15, 0.2) is 5.65 Å². The third-order valence-corrected chi connectivity index (χ3v) is 5.36. The Morgan fingerprint density at radius 3 is 2.93 bits per heavy atom. The number of allylic oxidation sites excluding steroid dienone is 1. The van der Waals surface area contributed by atoms with Gasteiger partial charge in [0.2, 0.25) is 16.2 Å². The highest BCUT2D eigenvalue weighted by molar-refractivity contribution is 7.99. The fourth-order valence-electron chi connectivity index (χ4n) is 2.70. The SMILES string of the molecule is C=CCn1c2ccccc2c2nnc(SCC(=O)Nc3nnc(C)s3)nc21. The van der Waals surface area contributed by atoms with E-state index >= 15 is 0 Å². The summed E-state index contributed by atoms with van der Waals surface area (Å²) in [5.41, 5.74) is 2.50. The lowest BCUT2D eigenvalue weighted by Gasteiger charge is -2.03. The quantitative estimate of drug-likeness (QED) is 0.394. The van der Waals surface area contributed by atoms with Crippen LogP contribution in [0.4, 0.5) is 5.13 Å². The molecule has 0 fully saturated rings. The summed E-state index contributed by atoms with van der Waals surface area (Å²) in [4.78, 5) is 16.7. The van der Waals surface area contributed by atoms with Crippen LogP contribution in [0.1, 0.15) is 5.01 Å². The van der Waals surface area contributed by atoms with Gasteiger partial charge in [-0.3, -0.25) is 10.1 Å². The van der Waals surface area contributed by atoms with Gasteiger partial charge < -0.3 is 4.57 Å². The lowest BCUT2D eigenvalue weighted by atomic mass is 10.2. The van der Waals surface area contributed by atoms with Gasteiger partial charge in [-0.05, 0) is 13.0 Å². The number of thioether (sulfide) groups is 1. The Labute approximate surface area is 162 Å². The molecular weight excluding hydrogens is 382 g/mol. The Balaban J connectivity index is 1.57. The summed E-state index contributed by atoms with van der Waals surface area (Å²) in [7, 11) is 0. The number of fused-ring (bicyclic) bond motifs is 3. The third-order valence-electron chi connectivity index (χ3n) is 3.77. The zero-order valence-corrected chi connectivity index (χ0v) is 16.0. The molecule has 0 atom stereocenters. The Bertz CT molecular complexity index is 1150. The minimum atomic E-state index is -0.188. The second-order valence-electron chi connectivity index (χ2n) is 5.65. The summed E-state index contributed by atoms with van der Waals surface area (Å²) < 4.78 is 2.04. The van der Waals surface area contributed by atoms with Crippen LogP contribution in [-0.2, 0) is 11.3 Å². The van der Waals surface area contributed by atoms with Crippen molar-refractivity contribution in [3.63, 3.8) is 0 Å². The van der Waals surface area contributed by atoms with Crippen molar-refractivity contribution in [1.29, 1.82) is 0 Å². The van der Waals surface area contributed by atoms with Crippen molar-refractivity contribution in [3.05, 3.63) is 41.9 Å². The van der Waals surface area contributed by atoms with Crippen molar-refractivity contribution in [3.8, 4) is 0 Å². The molecule has 4 aromatic rings. The van der Waals surface area contributed by atoms with Crippen molar-refractivity contribution in [1.82, 2.24) is 29.9 Å². The molecule has 0 aliphatic heterocycles. The average Bonchev–Trinajstić information content (AvgIpc) is 3.22. The van der Waals surface area contributed by atoms with Crippen LogP contribution >= 0.6 is 23.1 Å². The fourth-order valence-corrected chi connectivity index (χ4v) is 3.89. The maximum atomic E-state index is 12.1. The number of aromatic nitrogens is 6. The van der Waals surface area contributed by atoms with E-state index < -0.39 is 0 Å². The number of rotatable bonds is 6. The van der Waals surface area contributed by atoms with Crippen LogP contribution in [-0.4, -0.2) is 41.6 Å². The first-order valence-electron chi connectivity index (χ1n) is 8.11. The molecule has 4 rings (SSSR count). The Morgan fingerprint density at radius 1 is 1.30 bits per heavy atom. The molecule has 136 valence electrons. The van der Waals surface area contributed by atoms with Gasteiger partial charge in [0, 0.05) is 11.9 Å². The summed E-state index contributed by atoms with van der Waals surface area (Å²) in [5, 5.41) is 21.7. The van der Waals surface area contributed by atoms with Crippen molar-refractivity contribution in [2.75, 3.05) is 11.1 Å². The number of para-hydroxylation sites is 1. The van der Waals surface area contributed by atoms with E-state index in [1.807, 2.05) is 41.8 Å². The van der Waals surface area contributed by atoms with E-state index in [1.165, 1.54) is 23.1 Å². The summed E-state index contributed by atoms with van der Waals surface area (Å²) in [5.74, 6) is -0.0282. The standard InChI is InChI=1S/C17H15N7OS2/c1-3-8-24-12-7-5-4-6-11(12)14-15(24)19-16(22-21-14)26-9-13(25)18-17-23-20-10(2)27-17/h3-7H,1,8-9H2,2H3,(H,18,23,25). The summed E-state index contributed by atoms with van der Waals surface area (Å²) in [6.07, 6.45) is 1.82. The predicted molar refractivity (Wildman–Crippen MR) is 107 cm³/mol. The zero-order chi connectivity index (χ0) is 18.8. The number of aryl methyl sites for hydroxylation is 1. The number of hydrogen-bond donors (Lipinski definition) is 1. The van der Waals surface area contributed by atoms with Crippen LogP contribution in [0.25, 0.3) is 22.1 Å². The van der Waals surface area contributed by atoms with Crippen molar-refractivity contribution in [2.24, 2.45) is 0 Å². The smallest absolute Gasteiger partial charge is 0.236 e. The maximum Gasteiger partial charge on any atom is 0.236 e. The maximum absolute atomic E-state index is 12.1. The van der Waals surface area contributed by atoms with E-state index in [1.54, 1.807) is 0 Å². The highest BCUT2D eigenvalue weighted by Crippen LogP contribution is 2.27. The van der Waals surface area contributed by atoms with Gasteiger partial charge in [0.1, 0.15) is 10.5 Å². The molecule has 0 saturated heterocycles. The molecule has 1 aromatic carbocycles. The van der Waals surface area contributed by atoms with Crippen LogP contribution in [0.3, 0.4) is 0 Å². The molecular formula is C17H15N7OS2. The molecule has 10 heteroatoms. The molecule has 1 amide bonds. The van der Waals surface area contributed by atoms with Crippen LogP contribution in [0.15, 0.2) is 42.1 Å². The van der Waals surface area contributed by atoms with Gasteiger partial charge in [-0.25, -0.2) is 4.98 Å². The second kappa shape index (κ2) is 7.41. The molecule has 8 nitrogen and oxygen atoms in total. The first kappa shape index (κ1) is 17.6. The average molecular weight is 397 g/mol. The summed E-state index contributed by atoms with van der Waals surface area (Å²) in [6.45, 7) is 6.27. The lowest BCUT2D eigenvalue weighted by Crippen LogP contribution is -2.14. The Morgan fingerprint density at radius 2 is 2.15 bits per heavy atom. The van der Waals surface area contributed by atoms with Gasteiger partial charge in [-0.2, -0.15) is 0 Å². The molecule has 1 N–H and O–H groups in total. The van der Waals surface area contributed by atoms with E-state index in [-0.39, 0.29) is 11.7 Å². The first-order chi connectivity index (χ1) is 13.2. The van der Waals surface area contributed by atoms with Gasteiger partial charge in [0.25, 0.3) is 0 Å². The Kier molecular flexibility index (Phi) is 4.82. The molecule has 27 heavy (non-hydrogen) atoms.